The highest BCUT2D eigenvalue weighted by Crippen LogP contribution is 2.25. The van der Waals surface area contributed by atoms with E-state index in [0.29, 0.717) is 18.0 Å². The van der Waals surface area contributed by atoms with Crippen LogP contribution in [0.15, 0.2) is 18.2 Å². The first-order chi connectivity index (χ1) is 11.1. The van der Waals surface area contributed by atoms with Crippen LogP contribution in [-0.2, 0) is 13.0 Å². The zero-order chi connectivity index (χ0) is 16.4. The van der Waals surface area contributed by atoms with E-state index in [4.69, 9.17) is 0 Å². The highest BCUT2D eigenvalue weighted by molar-refractivity contribution is 7.80. The highest BCUT2D eigenvalue weighted by Gasteiger charge is 2.21. The van der Waals surface area contributed by atoms with Crippen LogP contribution in [0.5, 0.6) is 0 Å². The number of aromatic nitrogens is 3. The Labute approximate surface area is 141 Å². The third-order valence-corrected chi connectivity index (χ3v) is 4.39. The standard InChI is InChI=1S/C16H21N5OS/c1-11-15(16(22)17-7-9-23)18-19-21(11)14-5-3-4-12-10-20(2)8-6-13(12)14/h3-5,23H,6-10H2,1-2H3,(H,17,22). The number of nitrogens with one attached hydrogen (secondary N) is 1. The maximum absolute atomic E-state index is 12.1. The third kappa shape index (κ3) is 3.11. The zero-order valence-corrected chi connectivity index (χ0v) is 14.3. The topological polar surface area (TPSA) is 63.1 Å². The molecule has 6 nitrogen and oxygen atoms in total. The number of nitrogens with zero attached hydrogens (tertiary/aromatic N) is 4. The predicted molar refractivity (Wildman–Crippen MR) is 92.3 cm³/mol. The van der Waals surface area contributed by atoms with E-state index in [0.717, 1.165) is 30.9 Å². The van der Waals surface area contributed by atoms with Crippen molar-refractivity contribution in [1.82, 2.24) is 25.2 Å². The predicted octanol–water partition coefficient (Wildman–Crippen LogP) is 1.22. The Hall–Kier alpha value is -1.86. The van der Waals surface area contributed by atoms with Crippen molar-refractivity contribution >= 4 is 18.5 Å². The fourth-order valence-corrected chi connectivity index (χ4v) is 3.06. The van der Waals surface area contributed by atoms with Gasteiger partial charge in [0.15, 0.2) is 5.69 Å². The summed E-state index contributed by atoms with van der Waals surface area (Å²) in [5.74, 6) is 0.394. The maximum Gasteiger partial charge on any atom is 0.273 e. The normalized spacial score (nSPS) is 14.6. The summed E-state index contributed by atoms with van der Waals surface area (Å²) in [5.41, 5.74) is 4.76. The summed E-state index contributed by atoms with van der Waals surface area (Å²) in [4.78, 5) is 14.4. The second-order valence-corrected chi connectivity index (χ2v) is 6.26. The largest absolute Gasteiger partial charge is 0.350 e. The van der Waals surface area contributed by atoms with Crippen LogP contribution in [-0.4, -0.2) is 51.7 Å². The van der Waals surface area contributed by atoms with Crippen LogP contribution in [0.25, 0.3) is 5.69 Å². The summed E-state index contributed by atoms with van der Waals surface area (Å²) in [6, 6.07) is 6.23. The molecule has 23 heavy (non-hydrogen) atoms. The van der Waals surface area contributed by atoms with Gasteiger partial charge in [-0.15, -0.1) is 5.10 Å². The van der Waals surface area contributed by atoms with Crippen molar-refractivity contribution in [2.75, 3.05) is 25.9 Å². The van der Waals surface area contributed by atoms with Gasteiger partial charge >= 0.3 is 0 Å². The lowest BCUT2D eigenvalue weighted by Gasteiger charge is -2.26. The van der Waals surface area contributed by atoms with Gasteiger partial charge in [-0.2, -0.15) is 12.6 Å². The molecule has 2 heterocycles. The van der Waals surface area contributed by atoms with Gasteiger partial charge < -0.3 is 10.2 Å². The second-order valence-electron chi connectivity index (χ2n) is 5.82. The molecule has 3 rings (SSSR count). The number of hydrogen-bond donors (Lipinski definition) is 2. The molecule has 1 aromatic carbocycles. The first-order valence-corrected chi connectivity index (χ1v) is 8.36. The van der Waals surface area contributed by atoms with Gasteiger partial charge in [-0.1, -0.05) is 17.3 Å². The molecule has 1 N–H and O–H groups in total. The molecular weight excluding hydrogens is 310 g/mol. The van der Waals surface area contributed by atoms with Crippen LogP contribution in [0, 0.1) is 6.92 Å². The minimum absolute atomic E-state index is 0.202. The Morgan fingerprint density at radius 3 is 3.04 bits per heavy atom. The van der Waals surface area contributed by atoms with Crippen LogP contribution in [0.4, 0.5) is 0 Å². The molecule has 0 atom stereocenters. The number of carbonyl (C=O) groups is 1. The number of thiol groups is 1. The van der Waals surface area contributed by atoms with Crippen LogP contribution >= 0.6 is 12.6 Å². The fourth-order valence-electron chi connectivity index (χ4n) is 2.95. The molecule has 2 aromatic rings. The molecule has 0 spiro atoms. The number of likely N-dealkylation sites (N-methyl/N-ethyl adjacent to an activating group) is 1. The molecule has 1 aromatic heterocycles. The van der Waals surface area contributed by atoms with Crippen molar-refractivity contribution in [3.63, 3.8) is 0 Å². The Kier molecular flexibility index (Phi) is 4.68. The molecule has 1 aliphatic heterocycles. The third-order valence-electron chi connectivity index (χ3n) is 4.17. The van der Waals surface area contributed by atoms with Crippen LogP contribution in [0.2, 0.25) is 0 Å². The van der Waals surface area contributed by atoms with Gasteiger partial charge in [-0.25, -0.2) is 4.68 Å². The van der Waals surface area contributed by atoms with E-state index >= 15 is 0 Å². The number of carbonyl (C=O) groups excluding carboxylic acids is 1. The molecule has 1 aliphatic rings. The second kappa shape index (κ2) is 6.72. The van der Waals surface area contributed by atoms with Gasteiger partial charge in [0.05, 0.1) is 11.4 Å². The maximum atomic E-state index is 12.1. The van der Waals surface area contributed by atoms with Gasteiger partial charge in [0, 0.05) is 25.4 Å². The van der Waals surface area contributed by atoms with E-state index in [1.165, 1.54) is 11.1 Å². The molecule has 0 aliphatic carbocycles. The summed E-state index contributed by atoms with van der Waals surface area (Å²) < 4.78 is 1.78. The number of fused-ring (bicyclic) bond motifs is 1. The molecule has 7 heteroatoms. The van der Waals surface area contributed by atoms with Crippen molar-refractivity contribution in [1.29, 1.82) is 0 Å². The Morgan fingerprint density at radius 2 is 2.26 bits per heavy atom. The van der Waals surface area contributed by atoms with Crippen LogP contribution in [0.1, 0.15) is 27.3 Å². The molecule has 0 radical (unpaired) electrons. The number of hydrogen-bond acceptors (Lipinski definition) is 5. The SMILES string of the molecule is Cc1c(C(=O)NCCS)nnn1-c1cccc2c1CCN(C)C2. The minimum atomic E-state index is -0.202. The zero-order valence-electron chi connectivity index (χ0n) is 13.4. The highest BCUT2D eigenvalue weighted by atomic mass is 32.1. The Bertz CT molecular complexity index is 727. The fraction of sp³-hybridized carbons (Fsp3) is 0.438. The van der Waals surface area contributed by atoms with E-state index < -0.39 is 0 Å². The Balaban J connectivity index is 1.96. The quantitative estimate of drug-likeness (QED) is 0.827. The summed E-state index contributed by atoms with van der Waals surface area (Å²) in [7, 11) is 2.13. The molecule has 1 amide bonds. The number of amides is 1. The lowest BCUT2D eigenvalue weighted by Crippen LogP contribution is -2.28. The summed E-state index contributed by atoms with van der Waals surface area (Å²) in [6.45, 7) is 4.35. The molecular formula is C16H21N5OS. The first kappa shape index (κ1) is 16.0. The number of benzene rings is 1. The van der Waals surface area contributed by atoms with Gasteiger partial charge in [-0.05, 0) is 37.6 Å². The first-order valence-electron chi connectivity index (χ1n) is 7.73. The lowest BCUT2D eigenvalue weighted by molar-refractivity contribution is 0.0950. The molecule has 0 fully saturated rings. The monoisotopic (exact) mass is 331 g/mol. The molecule has 0 bridgehead atoms. The van der Waals surface area contributed by atoms with Crippen LogP contribution in [0.3, 0.4) is 0 Å². The van der Waals surface area contributed by atoms with E-state index in [-0.39, 0.29) is 5.91 Å². The average Bonchev–Trinajstić information content (AvgIpc) is 2.93. The Morgan fingerprint density at radius 1 is 1.43 bits per heavy atom. The van der Waals surface area contributed by atoms with E-state index in [9.17, 15) is 4.79 Å². The molecule has 0 unspecified atom stereocenters. The van der Waals surface area contributed by atoms with Crippen molar-refractivity contribution < 1.29 is 4.79 Å². The van der Waals surface area contributed by atoms with E-state index in [2.05, 4.69) is 46.3 Å². The van der Waals surface area contributed by atoms with Crippen molar-refractivity contribution in [3.05, 3.63) is 40.7 Å². The van der Waals surface area contributed by atoms with Gasteiger partial charge in [0.25, 0.3) is 5.91 Å². The number of rotatable bonds is 4. The van der Waals surface area contributed by atoms with Crippen LogP contribution < -0.4 is 5.32 Å². The summed E-state index contributed by atoms with van der Waals surface area (Å²) >= 11 is 4.10. The van der Waals surface area contributed by atoms with Crippen molar-refractivity contribution in [2.24, 2.45) is 0 Å². The van der Waals surface area contributed by atoms with Crippen molar-refractivity contribution in [3.8, 4) is 5.69 Å². The minimum Gasteiger partial charge on any atom is -0.350 e. The van der Waals surface area contributed by atoms with Gasteiger partial charge in [-0.3, -0.25) is 4.79 Å². The lowest BCUT2D eigenvalue weighted by atomic mass is 9.98. The van der Waals surface area contributed by atoms with Gasteiger partial charge in [0.1, 0.15) is 0 Å². The smallest absolute Gasteiger partial charge is 0.273 e. The summed E-state index contributed by atoms with van der Waals surface area (Å²) in [5, 5.41) is 11.1. The molecule has 0 saturated heterocycles. The van der Waals surface area contributed by atoms with E-state index in [1.54, 1.807) is 4.68 Å². The summed E-state index contributed by atoms with van der Waals surface area (Å²) in [6.07, 6.45) is 0.975. The van der Waals surface area contributed by atoms with E-state index in [1.807, 2.05) is 19.1 Å². The van der Waals surface area contributed by atoms with Crippen molar-refractivity contribution in [2.45, 2.75) is 19.9 Å². The molecule has 0 saturated carbocycles. The molecule has 122 valence electrons. The average molecular weight is 331 g/mol. The van der Waals surface area contributed by atoms with Gasteiger partial charge in [0.2, 0.25) is 0 Å².